The van der Waals surface area contributed by atoms with Gasteiger partial charge >= 0.3 is 0 Å². The molecule has 0 saturated carbocycles. The minimum absolute atomic E-state index is 0. The van der Waals surface area contributed by atoms with Crippen molar-refractivity contribution in [3.63, 3.8) is 0 Å². The summed E-state index contributed by atoms with van der Waals surface area (Å²) < 4.78 is 0. The second kappa shape index (κ2) is 3.31. The summed E-state index contributed by atoms with van der Waals surface area (Å²) in [7, 11) is 0. The lowest BCUT2D eigenvalue weighted by Crippen LogP contribution is -2.23. The van der Waals surface area contributed by atoms with Crippen LogP contribution in [-0.4, -0.2) is 12.1 Å². The van der Waals surface area contributed by atoms with Gasteiger partial charge in [-0.3, -0.25) is 0 Å². The molecule has 1 aliphatic rings. The summed E-state index contributed by atoms with van der Waals surface area (Å²) in [5.74, 6) is 0. The summed E-state index contributed by atoms with van der Waals surface area (Å²) in [5.41, 5.74) is 0. The Morgan fingerprint density at radius 1 is 1.12 bits per heavy atom. The second-order valence-corrected chi connectivity index (χ2v) is 2.55. The van der Waals surface area contributed by atoms with Crippen molar-refractivity contribution in [1.29, 1.82) is 0 Å². The maximum atomic E-state index is 3.42. The zero-order chi connectivity index (χ0) is 5.28. The van der Waals surface area contributed by atoms with Gasteiger partial charge in [0.25, 0.3) is 0 Å². The maximum Gasteiger partial charge on any atom is 0.00417 e. The Bertz CT molecular complexity index is 57.5. The number of hydrogen-bond donors (Lipinski definition) is 1. The van der Waals surface area contributed by atoms with E-state index in [9.17, 15) is 0 Å². The lowest BCUT2D eigenvalue weighted by atomic mass is 10.2. The van der Waals surface area contributed by atoms with Gasteiger partial charge in [0, 0.05) is 12.1 Å². The molecule has 2 atom stereocenters. The second-order valence-electron chi connectivity index (χ2n) is 2.55. The minimum atomic E-state index is 0. The first-order chi connectivity index (χ1) is 3.29. The van der Waals surface area contributed by atoms with E-state index in [1.807, 2.05) is 0 Å². The van der Waals surface area contributed by atoms with Crippen molar-refractivity contribution in [2.45, 2.75) is 38.8 Å². The largest absolute Gasteiger partial charge is 0.312 e. The molecule has 1 fully saturated rings. The Hall–Kier alpha value is 0.250. The van der Waals surface area contributed by atoms with Gasteiger partial charge < -0.3 is 5.32 Å². The predicted octanol–water partition coefficient (Wildman–Crippen LogP) is 1.57. The molecule has 2 heteroatoms. The average Bonchev–Trinajstić information content (AvgIpc) is 1.87. The summed E-state index contributed by atoms with van der Waals surface area (Å²) >= 11 is 0. The van der Waals surface area contributed by atoms with E-state index < -0.39 is 0 Å². The normalized spacial score (nSPS) is 36.8. The molecule has 0 amide bonds. The van der Waals surface area contributed by atoms with E-state index >= 15 is 0 Å². The molecule has 1 unspecified atom stereocenters. The number of hydrogen-bond acceptors (Lipinski definition) is 1. The van der Waals surface area contributed by atoms with Crippen LogP contribution in [0.4, 0.5) is 0 Å². The van der Waals surface area contributed by atoms with Crippen LogP contribution in [0.25, 0.3) is 0 Å². The Kier molecular flexibility index (Phi) is 3.41. The summed E-state index contributed by atoms with van der Waals surface area (Å²) in [4.78, 5) is 0. The molecule has 0 aromatic carbocycles. The molecule has 1 saturated heterocycles. The number of rotatable bonds is 0. The fourth-order valence-electron chi connectivity index (χ4n) is 1.15. The Balaban J connectivity index is 0.000000490. The number of halogens is 1. The van der Waals surface area contributed by atoms with Crippen LogP contribution in [0.1, 0.15) is 26.7 Å². The Morgan fingerprint density at radius 3 is 1.62 bits per heavy atom. The van der Waals surface area contributed by atoms with E-state index in [-0.39, 0.29) is 12.4 Å². The third-order valence-corrected chi connectivity index (χ3v) is 1.60. The van der Waals surface area contributed by atoms with E-state index in [1.165, 1.54) is 12.8 Å². The van der Waals surface area contributed by atoms with Gasteiger partial charge in [-0.05, 0) is 26.7 Å². The molecular weight excluding hydrogens is 122 g/mol. The van der Waals surface area contributed by atoms with E-state index in [0.29, 0.717) is 0 Å². The van der Waals surface area contributed by atoms with Gasteiger partial charge in [0.1, 0.15) is 0 Å². The highest BCUT2D eigenvalue weighted by molar-refractivity contribution is 5.85. The molecule has 50 valence electrons. The molecule has 0 aromatic rings. The standard InChI is InChI=1S/C6H13N.ClH/c1-5-3-4-6(2)7-5;/h5-7H,3-4H2,1-2H3;1H/t5-,6?;/m1./s1. The smallest absolute Gasteiger partial charge is 0.00417 e. The third kappa shape index (κ3) is 2.01. The fraction of sp³-hybridized carbons (Fsp3) is 1.00. The first-order valence-electron chi connectivity index (χ1n) is 3.05. The zero-order valence-electron chi connectivity index (χ0n) is 5.48. The maximum absolute atomic E-state index is 3.42. The first kappa shape index (κ1) is 8.25. The fourth-order valence-corrected chi connectivity index (χ4v) is 1.15. The summed E-state index contributed by atoms with van der Waals surface area (Å²) in [6, 6.07) is 1.55. The Labute approximate surface area is 57.3 Å². The van der Waals surface area contributed by atoms with Crippen LogP contribution in [0.2, 0.25) is 0 Å². The zero-order valence-corrected chi connectivity index (χ0v) is 6.29. The average molecular weight is 136 g/mol. The van der Waals surface area contributed by atoms with Crippen LogP contribution < -0.4 is 5.32 Å². The van der Waals surface area contributed by atoms with E-state index in [2.05, 4.69) is 19.2 Å². The van der Waals surface area contributed by atoms with Crippen molar-refractivity contribution in [2.75, 3.05) is 0 Å². The van der Waals surface area contributed by atoms with Crippen molar-refractivity contribution < 1.29 is 0 Å². The Morgan fingerprint density at radius 2 is 1.50 bits per heavy atom. The SMILES string of the molecule is CC1CC[C@@H](C)N1.Cl. The van der Waals surface area contributed by atoms with Crippen LogP contribution in [0.5, 0.6) is 0 Å². The van der Waals surface area contributed by atoms with Crippen LogP contribution in [0.3, 0.4) is 0 Å². The molecule has 1 N–H and O–H groups in total. The highest BCUT2D eigenvalue weighted by Gasteiger charge is 2.14. The molecule has 0 aliphatic carbocycles. The van der Waals surface area contributed by atoms with Gasteiger partial charge in [-0.1, -0.05) is 0 Å². The molecule has 0 spiro atoms. The van der Waals surface area contributed by atoms with Crippen LogP contribution in [0, 0.1) is 0 Å². The lowest BCUT2D eigenvalue weighted by molar-refractivity contribution is 0.596. The molecule has 0 radical (unpaired) electrons. The van der Waals surface area contributed by atoms with Gasteiger partial charge in [0.2, 0.25) is 0 Å². The van der Waals surface area contributed by atoms with Crippen molar-refractivity contribution in [3.05, 3.63) is 0 Å². The monoisotopic (exact) mass is 135 g/mol. The van der Waals surface area contributed by atoms with Crippen molar-refractivity contribution >= 4 is 12.4 Å². The summed E-state index contributed by atoms with van der Waals surface area (Å²) in [5, 5.41) is 3.42. The van der Waals surface area contributed by atoms with Gasteiger partial charge in [-0.15, -0.1) is 12.4 Å². The molecule has 1 heterocycles. The van der Waals surface area contributed by atoms with E-state index in [1.54, 1.807) is 0 Å². The minimum Gasteiger partial charge on any atom is -0.312 e. The molecule has 1 rings (SSSR count). The van der Waals surface area contributed by atoms with Gasteiger partial charge in [-0.2, -0.15) is 0 Å². The van der Waals surface area contributed by atoms with Gasteiger partial charge in [0.05, 0.1) is 0 Å². The summed E-state index contributed by atoms with van der Waals surface area (Å²) in [6.45, 7) is 4.48. The van der Waals surface area contributed by atoms with Crippen LogP contribution in [-0.2, 0) is 0 Å². The quantitative estimate of drug-likeness (QED) is 0.532. The van der Waals surface area contributed by atoms with Crippen LogP contribution >= 0.6 is 12.4 Å². The number of nitrogens with one attached hydrogen (secondary N) is 1. The van der Waals surface area contributed by atoms with Crippen LogP contribution in [0.15, 0.2) is 0 Å². The summed E-state index contributed by atoms with van der Waals surface area (Å²) in [6.07, 6.45) is 2.72. The highest BCUT2D eigenvalue weighted by atomic mass is 35.5. The molecule has 1 nitrogen and oxygen atoms in total. The highest BCUT2D eigenvalue weighted by Crippen LogP contribution is 2.09. The molecule has 1 aliphatic heterocycles. The molecular formula is C6H14ClN. The topological polar surface area (TPSA) is 12.0 Å². The lowest BCUT2D eigenvalue weighted by Gasteiger charge is -2.01. The van der Waals surface area contributed by atoms with E-state index in [4.69, 9.17) is 0 Å². The van der Waals surface area contributed by atoms with Gasteiger partial charge in [0.15, 0.2) is 0 Å². The molecule has 0 aromatic heterocycles. The van der Waals surface area contributed by atoms with Crippen molar-refractivity contribution in [3.8, 4) is 0 Å². The van der Waals surface area contributed by atoms with E-state index in [0.717, 1.165) is 12.1 Å². The van der Waals surface area contributed by atoms with Crippen molar-refractivity contribution in [1.82, 2.24) is 5.32 Å². The van der Waals surface area contributed by atoms with Crippen molar-refractivity contribution in [2.24, 2.45) is 0 Å². The first-order valence-corrected chi connectivity index (χ1v) is 3.05. The third-order valence-electron chi connectivity index (χ3n) is 1.60. The molecule has 8 heavy (non-hydrogen) atoms. The predicted molar refractivity (Wildman–Crippen MR) is 38.5 cm³/mol. The van der Waals surface area contributed by atoms with Gasteiger partial charge in [-0.25, -0.2) is 0 Å². The molecule has 0 bridgehead atoms.